The molecule has 0 aromatic rings. The Kier molecular flexibility index (Phi) is 1.75. The quantitative estimate of drug-likeness (QED) is 0.495. The molecule has 64 valence electrons. The molecule has 2 heterocycles. The third kappa shape index (κ3) is 1.17. The summed E-state index contributed by atoms with van der Waals surface area (Å²) in [5.74, 6) is 0.282. The predicted molar refractivity (Wildman–Crippen MR) is 47.6 cm³/mol. The maximum absolute atomic E-state index is 11.5. The van der Waals surface area contributed by atoms with E-state index in [9.17, 15) is 4.79 Å². The van der Waals surface area contributed by atoms with Crippen molar-refractivity contribution in [1.82, 2.24) is 4.90 Å². The van der Waals surface area contributed by atoms with Crippen molar-refractivity contribution in [3.63, 3.8) is 0 Å². The molecule has 1 atom stereocenters. The van der Waals surface area contributed by atoms with Gasteiger partial charge in [0.05, 0.1) is 6.04 Å². The highest BCUT2D eigenvalue weighted by Gasteiger charge is 2.26. The minimum atomic E-state index is 0.282. The molecule has 0 saturated carbocycles. The van der Waals surface area contributed by atoms with E-state index < -0.39 is 0 Å². The van der Waals surface area contributed by atoms with E-state index in [-0.39, 0.29) is 5.91 Å². The van der Waals surface area contributed by atoms with E-state index in [1.54, 1.807) is 0 Å². The molecule has 2 aliphatic rings. The Balaban J connectivity index is 2.26. The smallest absolute Gasteiger partial charge is 0.227 e. The van der Waals surface area contributed by atoms with Crippen LogP contribution < -0.4 is 0 Å². The molecule has 0 unspecified atom stereocenters. The van der Waals surface area contributed by atoms with Crippen molar-refractivity contribution >= 4 is 5.91 Å². The normalized spacial score (nSPS) is 28.4. The average molecular weight is 163 g/mol. The second-order valence-electron chi connectivity index (χ2n) is 3.51. The largest absolute Gasteiger partial charge is 0.332 e. The van der Waals surface area contributed by atoms with Gasteiger partial charge in [-0.3, -0.25) is 4.79 Å². The van der Waals surface area contributed by atoms with Gasteiger partial charge in [0, 0.05) is 13.0 Å². The van der Waals surface area contributed by atoms with Gasteiger partial charge >= 0.3 is 0 Å². The van der Waals surface area contributed by atoms with Crippen molar-refractivity contribution in [2.75, 3.05) is 6.54 Å². The molecular weight excluding hydrogens is 150 g/mol. The summed E-state index contributed by atoms with van der Waals surface area (Å²) >= 11 is 0. The summed E-state index contributed by atoms with van der Waals surface area (Å²) in [6.07, 6.45) is 8.05. The Morgan fingerprint density at radius 2 is 2.33 bits per heavy atom. The fourth-order valence-corrected chi connectivity index (χ4v) is 1.86. The van der Waals surface area contributed by atoms with Gasteiger partial charge in [-0.25, -0.2) is 0 Å². The fourth-order valence-electron chi connectivity index (χ4n) is 1.86. The average Bonchev–Trinajstić information content (AvgIpc) is 2.04. The zero-order valence-electron chi connectivity index (χ0n) is 7.29. The molecule has 0 spiro atoms. The third-order valence-corrected chi connectivity index (χ3v) is 2.47. The molecule has 1 amide bonds. The lowest BCUT2D eigenvalue weighted by molar-refractivity contribution is -0.132. The van der Waals surface area contributed by atoms with Gasteiger partial charge in [0.1, 0.15) is 0 Å². The van der Waals surface area contributed by atoms with Gasteiger partial charge in [-0.2, -0.15) is 0 Å². The number of hydrogen-bond acceptors (Lipinski definition) is 1. The van der Waals surface area contributed by atoms with E-state index in [1.165, 1.54) is 5.57 Å². The molecule has 0 saturated heterocycles. The molecule has 2 nitrogen and oxygen atoms in total. The molecular formula is C10H13NO. The van der Waals surface area contributed by atoms with Crippen LogP contribution in [0.25, 0.3) is 0 Å². The van der Waals surface area contributed by atoms with Crippen molar-refractivity contribution in [2.45, 2.75) is 25.8 Å². The van der Waals surface area contributed by atoms with Crippen LogP contribution in [0.3, 0.4) is 0 Å². The third-order valence-electron chi connectivity index (χ3n) is 2.47. The Bertz CT molecular complexity index is 265. The fraction of sp³-hybridized carbons (Fsp3) is 0.500. The van der Waals surface area contributed by atoms with Crippen molar-refractivity contribution in [3.05, 3.63) is 23.8 Å². The first-order chi connectivity index (χ1) is 5.77. The van der Waals surface area contributed by atoms with Crippen molar-refractivity contribution < 1.29 is 4.79 Å². The van der Waals surface area contributed by atoms with Gasteiger partial charge in [-0.1, -0.05) is 23.8 Å². The zero-order valence-corrected chi connectivity index (χ0v) is 7.29. The summed E-state index contributed by atoms with van der Waals surface area (Å²) in [4.78, 5) is 13.4. The predicted octanol–water partition coefficient (Wildman–Crippen LogP) is 1.49. The monoisotopic (exact) mass is 163 g/mol. The number of fused-ring (bicyclic) bond motifs is 1. The first kappa shape index (κ1) is 7.59. The maximum Gasteiger partial charge on any atom is 0.227 e. The van der Waals surface area contributed by atoms with E-state index in [4.69, 9.17) is 0 Å². The molecule has 0 fully saturated rings. The van der Waals surface area contributed by atoms with Crippen LogP contribution in [0.4, 0.5) is 0 Å². The number of hydrogen-bond donors (Lipinski definition) is 0. The highest BCUT2D eigenvalue weighted by Crippen LogP contribution is 2.22. The van der Waals surface area contributed by atoms with Crippen LogP contribution >= 0.6 is 0 Å². The lowest BCUT2D eigenvalue weighted by Gasteiger charge is -2.34. The first-order valence-corrected chi connectivity index (χ1v) is 4.39. The lowest BCUT2D eigenvalue weighted by Crippen LogP contribution is -2.43. The van der Waals surface area contributed by atoms with Crippen molar-refractivity contribution in [1.29, 1.82) is 0 Å². The van der Waals surface area contributed by atoms with Crippen LogP contribution in [0.15, 0.2) is 23.8 Å². The summed E-state index contributed by atoms with van der Waals surface area (Å²) in [5, 5.41) is 0. The Labute approximate surface area is 72.6 Å². The van der Waals surface area contributed by atoms with Crippen molar-refractivity contribution in [3.8, 4) is 0 Å². The van der Waals surface area contributed by atoms with E-state index >= 15 is 0 Å². The molecule has 2 heteroatoms. The standard InChI is InChI=1S/C10H13NO/c1-8-6-9-4-2-3-5-11(9)10(12)7-8/h2-3,6,9H,4-5,7H2,1H3/t9-/m0/s1. The molecule has 0 radical (unpaired) electrons. The van der Waals surface area contributed by atoms with Crippen LogP contribution in [0, 0.1) is 0 Å². The summed E-state index contributed by atoms with van der Waals surface area (Å²) in [7, 11) is 0. The number of nitrogens with zero attached hydrogens (tertiary/aromatic N) is 1. The van der Waals surface area contributed by atoms with E-state index in [1.807, 2.05) is 11.8 Å². The summed E-state index contributed by atoms with van der Waals surface area (Å²) in [6.45, 7) is 2.83. The molecule has 2 aliphatic heterocycles. The molecule has 0 N–H and O–H groups in total. The minimum Gasteiger partial charge on any atom is -0.332 e. The number of rotatable bonds is 0. The zero-order chi connectivity index (χ0) is 8.55. The topological polar surface area (TPSA) is 20.3 Å². The summed E-state index contributed by atoms with van der Waals surface area (Å²) < 4.78 is 0. The van der Waals surface area contributed by atoms with Crippen LogP contribution in [-0.4, -0.2) is 23.4 Å². The number of carbonyl (C=O) groups is 1. The van der Waals surface area contributed by atoms with E-state index in [0.717, 1.165) is 13.0 Å². The van der Waals surface area contributed by atoms with E-state index in [0.29, 0.717) is 12.5 Å². The van der Waals surface area contributed by atoms with Gasteiger partial charge in [0.15, 0.2) is 0 Å². The van der Waals surface area contributed by atoms with Gasteiger partial charge in [0.2, 0.25) is 5.91 Å². The van der Waals surface area contributed by atoms with Gasteiger partial charge in [-0.15, -0.1) is 0 Å². The lowest BCUT2D eigenvalue weighted by atomic mass is 9.98. The highest BCUT2D eigenvalue weighted by atomic mass is 16.2. The van der Waals surface area contributed by atoms with Gasteiger partial charge in [0.25, 0.3) is 0 Å². The summed E-state index contributed by atoms with van der Waals surface area (Å²) in [5.41, 5.74) is 1.22. The molecule has 0 aromatic carbocycles. The van der Waals surface area contributed by atoms with Crippen LogP contribution in [0.5, 0.6) is 0 Å². The second-order valence-corrected chi connectivity index (χ2v) is 3.51. The van der Waals surface area contributed by atoms with Crippen LogP contribution in [-0.2, 0) is 4.79 Å². The first-order valence-electron chi connectivity index (χ1n) is 4.39. The molecule has 2 rings (SSSR count). The van der Waals surface area contributed by atoms with Crippen LogP contribution in [0.2, 0.25) is 0 Å². The Morgan fingerprint density at radius 1 is 1.50 bits per heavy atom. The SMILES string of the molecule is CC1=C[C@@H]2CC=CCN2C(=O)C1. The minimum absolute atomic E-state index is 0.282. The molecule has 0 aliphatic carbocycles. The van der Waals surface area contributed by atoms with Gasteiger partial charge < -0.3 is 4.90 Å². The maximum atomic E-state index is 11.5. The van der Waals surface area contributed by atoms with Crippen molar-refractivity contribution in [2.24, 2.45) is 0 Å². The highest BCUT2D eigenvalue weighted by molar-refractivity contribution is 5.81. The molecule has 12 heavy (non-hydrogen) atoms. The molecule has 0 bridgehead atoms. The Morgan fingerprint density at radius 3 is 3.17 bits per heavy atom. The number of carbonyl (C=O) groups excluding carboxylic acids is 1. The van der Waals surface area contributed by atoms with Crippen LogP contribution in [0.1, 0.15) is 19.8 Å². The number of amides is 1. The second kappa shape index (κ2) is 2.77. The molecule has 0 aromatic heterocycles. The van der Waals surface area contributed by atoms with E-state index in [2.05, 4.69) is 18.2 Å². The summed E-state index contributed by atoms with van der Waals surface area (Å²) in [6, 6.07) is 0.344. The Hall–Kier alpha value is -1.05. The van der Waals surface area contributed by atoms with Gasteiger partial charge in [-0.05, 0) is 13.3 Å².